The second kappa shape index (κ2) is 10.7. The Morgan fingerprint density at radius 3 is 2.70 bits per heavy atom. The predicted octanol–water partition coefficient (Wildman–Crippen LogP) is 3.42. The molecule has 1 aliphatic carbocycles. The van der Waals surface area contributed by atoms with Gasteiger partial charge in [0.2, 0.25) is 0 Å². The monoisotopic (exact) mass is 452 g/mol. The summed E-state index contributed by atoms with van der Waals surface area (Å²) in [5.74, 6) is 0.544. The normalized spacial score (nSPS) is 18.5. The van der Waals surface area contributed by atoms with Gasteiger partial charge in [-0.05, 0) is 51.7 Å². The van der Waals surface area contributed by atoms with Crippen molar-refractivity contribution in [1.82, 2.24) is 29.6 Å². The largest absolute Gasteiger partial charge is 0.382 e. The maximum atomic E-state index is 13.2. The van der Waals surface area contributed by atoms with E-state index >= 15 is 0 Å². The predicted molar refractivity (Wildman–Crippen MR) is 124 cm³/mol. The Balaban J connectivity index is 1.49. The maximum Gasteiger partial charge on any atom is 0.251 e. The van der Waals surface area contributed by atoms with Gasteiger partial charge in [0.15, 0.2) is 0 Å². The Bertz CT molecular complexity index is 1040. The molecule has 1 aliphatic rings. The molecule has 0 spiro atoms. The first kappa shape index (κ1) is 23.1. The van der Waals surface area contributed by atoms with Crippen molar-refractivity contribution < 1.29 is 14.3 Å². The van der Waals surface area contributed by atoms with E-state index in [9.17, 15) is 4.79 Å². The summed E-state index contributed by atoms with van der Waals surface area (Å²) in [6, 6.07) is 4.01. The van der Waals surface area contributed by atoms with E-state index in [1.54, 1.807) is 36.5 Å². The Morgan fingerprint density at radius 1 is 1.21 bits per heavy atom. The lowest BCUT2D eigenvalue weighted by atomic mass is 9.92. The van der Waals surface area contributed by atoms with Crippen LogP contribution in [-0.2, 0) is 9.47 Å². The van der Waals surface area contributed by atoms with E-state index in [4.69, 9.17) is 14.5 Å². The van der Waals surface area contributed by atoms with E-state index in [0.29, 0.717) is 30.3 Å². The van der Waals surface area contributed by atoms with Gasteiger partial charge in [-0.15, -0.1) is 0 Å². The molecule has 3 aromatic rings. The minimum Gasteiger partial charge on any atom is -0.382 e. The zero-order valence-electron chi connectivity index (χ0n) is 19.5. The molecule has 0 saturated heterocycles. The SMILES string of the molecule is COCCO[C@H]1CC[C@H](NC(=O)c2cc(-c3cnn(C(C)C)c3)nc(-n3ccnc3)c2)CC1. The average molecular weight is 453 g/mol. The van der Waals surface area contributed by atoms with Crippen molar-refractivity contribution in [1.29, 1.82) is 0 Å². The van der Waals surface area contributed by atoms with Crippen LogP contribution in [0, 0.1) is 0 Å². The Kier molecular flexibility index (Phi) is 7.51. The number of hydrogen-bond donors (Lipinski definition) is 1. The molecule has 0 atom stereocenters. The van der Waals surface area contributed by atoms with Crippen LogP contribution in [0.5, 0.6) is 0 Å². The van der Waals surface area contributed by atoms with Crippen LogP contribution in [-0.4, -0.2) is 62.7 Å². The van der Waals surface area contributed by atoms with Crippen molar-refractivity contribution in [3.63, 3.8) is 0 Å². The lowest BCUT2D eigenvalue weighted by Gasteiger charge is -2.29. The molecule has 9 nitrogen and oxygen atoms in total. The summed E-state index contributed by atoms with van der Waals surface area (Å²) in [4.78, 5) is 22.1. The number of rotatable bonds is 9. The highest BCUT2D eigenvalue weighted by Gasteiger charge is 2.24. The first-order chi connectivity index (χ1) is 16.0. The highest BCUT2D eigenvalue weighted by molar-refractivity contribution is 5.95. The number of methoxy groups -OCH3 is 1. The molecule has 176 valence electrons. The summed E-state index contributed by atoms with van der Waals surface area (Å²) in [6.07, 6.45) is 12.8. The van der Waals surface area contributed by atoms with Crippen molar-refractivity contribution in [2.75, 3.05) is 20.3 Å². The highest BCUT2D eigenvalue weighted by Crippen LogP contribution is 2.24. The maximum absolute atomic E-state index is 13.2. The molecule has 1 amide bonds. The van der Waals surface area contributed by atoms with Crippen LogP contribution < -0.4 is 5.32 Å². The van der Waals surface area contributed by atoms with Gasteiger partial charge in [-0.1, -0.05) is 0 Å². The fourth-order valence-corrected chi connectivity index (χ4v) is 4.02. The molecule has 1 saturated carbocycles. The third-order valence-electron chi connectivity index (χ3n) is 5.92. The quantitative estimate of drug-likeness (QED) is 0.500. The van der Waals surface area contributed by atoms with Gasteiger partial charge in [-0.3, -0.25) is 14.0 Å². The van der Waals surface area contributed by atoms with Crippen molar-refractivity contribution in [2.24, 2.45) is 0 Å². The summed E-state index contributed by atoms with van der Waals surface area (Å²) in [5, 5.41) is 7.63. The second-order valence-electron chi connectivity index (χ2n) is 8.68. The molecule has 3 aromatic heterocycles. The molecule has 0 aliphatic heterocycles. The van der Waals surface area contributed by atoms with Gasteiger partial charge in [0.05, 0.1) is 31.2 Å². The van der Waals surface area contributed by atoms with E-state index in [-0.39, 0.29) is 24.1 Å². The number of nitrogens with zero attached hydrogens (tertiary/aromatic N) is 5. The van der Waals surface area contributed by atoms with Crippen molar-refractivity contribution in [2.45, 2.75) is 57.7 Å². The standard InChI is InChI=1S/C24H32N6O3/c1-17(2)30-15-19(14-26-30)22-12-18(13-23(28-22)29-9-8-25-16-29)24(31)27-20-4-6-21(7-5-20)33-11-10-32-3/h8-9,12-17,20-21H,4-7,10-11H2,1-3H3,(H,27,31)/t20-,21-. The molecule has 0 unspecified atom stereocenters. The summed E-state index contributed by atoms with van der Waals surface area (Å²) in [7, 11) is 1.68. The lowest BCUT2D eigenvalue weighted by Crippen LogP contribution is -2.39. The number of ether oxygens (including phenoxy) is 2. The van der Waals surface area contributed by atoms with Gasteiger partial charge in [0.1, 0.15) is 12.1 Å². The molecule has 33 heavy (non-hydrogen) atoms. The van der Waals surface area contributed by atoms with E-state index in [1.165, 1.54) is 0 Å². The summed E-state index contributed by atoms with van der Waals surface area (Å²) in [5.41, 5.74) is 2.14. The molecule has 3 heterocycles. The first-order valence-electron chi connectivity index (χ1n) is 11.5. The minimum absolute atomic E-state index is 0.0972. The second-order valence-corrected chi connectivity index (χ2v) is 8.68. The fourth-order valence-electron chi connectivity index (χ4n) is 4.02. The van der Waals surface area contributed by atoms with E-state index < -0.39 is 0 Å². The van der Waals surface area contributed by atoms with Crippen molar-refractivity contribution >= 4 is 5.91 Å². The van der Waals surface area contributed by atoms with Crippen LogP contribution in [0.2, 0.25) is 0 Å². The zero-order valence-corrected chi connectivity index (χ0v) is 19.5. The molecular formula is C24H32N6O3. The Morgan fingerprint density at radius 2 is 2.03 bits per heavy atom. The smallest absolute Gasteiger partial charge is 0.251 e. The van der Waals surface area contributed by atoms with Gasteiger partial charge >= 0.3 is 0 Å². The van der Waals surface area contributed by atoms with Gasteiger partial charge in [0.25, 0.3) is 5.91 Å². The molecule has 9 heteroatoms. The van der Waals surface area contributed by atoms with Gasteiger partial charge < -0.3 is 14.8 Å². The number of nitrogens with one attached hydrogen (secondary N) is 1. The van der Waals surface area contributed by atoms with Crippen LogP contribution in [0.15, 0.2) is 43.2 Å². The molecule has 1 N–H and O–H groups in total. The number of imidazole rings is 1. The van der Waals surface area contributed by atoms with Gasteiger partial charge in [-0.2, -0.15) is 5.10 Å². The van der Waals surface area contributed by atoms with E-state index in [2.05, 4.69) is 29.2 Å². The molecular weight excluding hydrogens is 420 g/mol. The van der Waals surface area contributed by atoms with Gasteiger partial charge in [-0.25, -0.2) is 9.97 Å². The van der Waals surface area contributed by atoms with Crippen LogP contribution in [0.1, 0.15) is 55.9 Å². The Hall–Kier alpha value is -3.04. The third-order valence-corrected chi connectivity index (χ3v) is 5.92. The number of amides is 1. The van der Waals surface area contributed by atoms with E-state index in [1.807, 2.05) is 23.1 Å². The topological polar surface area (TPSA) is 96.1 Å². The number of hydrogen-bond acceptors (Lipinski definition) is 6. The molecule has 0 radical (unpaired) electrons. The first-order valence-corrected chi connectivity index (χ1v) is 11.5. The minimum atomic E-state index is -0.0972. The van der Waals surface area contributed by atoms with Crippen LogP contribution in [0.3, 0.4) is 0 Å². The summed E-state index contributed by atoms with van der Waals surface area (Å²) in [6.45, 7) is 5.36. The van der Waals surface area contributed by atoms with Crippen LogP contribution >= 0.6 is 0 Å². The van der Waals surface area contributed by atoms with Crippen LogP contribution in [0.4, 0.5) is 0 Å². The van der Waals surface area contributed by atoms with Crippen molar-refractivity contribution in [3.05, 3.63) is 48.8 Å². The molecule has 4 rings (SSSR count). The number of carbonyl (C=O) groups excluding carboxylic acids is 1. The average Bonchev–Trinajstić information content (AvgIpc) is 3.53. The number of carbonyl (C=O) groups is 1. The van der Waals surface area contributed by atoms with E-state index in [0.717, 1.165) is 31.2 Å². The Labute approximate surface area is 194 Å². The molecule has 1 fully saturated rings. The number of aromatic nitrogens is 5. The fraction of sp³-hybridized carbons (Fsp3) is 0.500. The number of pyridine rings is 1. The highest BCUT2D eigenvalue weighted by atomic mass is 16.5. The summed E-state index contributed by atoms with van der Waals surface area (Å²) >= 11 is 0. The molecule has 0 aromatic carbocycles. The summed E-state index contributed by atoms with van der Waals surface area (Å²) < 4.78 is 14.6. The van der Waals surface area contributed by atoms with Gasteiger partial charge in [0, 0.05) is 48.9 Å². The van der Waals surface area contributed by atoms with Crippen LogP contribution in [0.25, 0.3) is 17.1 Å². The molecule has 0 bridgehead atoms. The zero-order chi connectivity index (χ0) is 23.2. The lowest BCUT2D eigenvalue weighted by molar-refractivity contribution is -0.00408. The third kappa shape index (κ3) is 5.85. The van der Waals surface area contributed by atoms with Crippen molar-refractivity contribution in [3.8, 4) is 17.1 Å².